The maximum Gasteiger partial charge on any atom is 0.253 e. The first-order valence-electron chi connectivity index (χ1n) is 8.69. The number of hydrogen-bond acceptors (Lipinski definition) is 5. The highest BCUT2D eigenvalue weighted by molar-refractivity contribution is 7.99. The Bertz CT molecular complexity index is 793. The van der Waals surface area contributed by atoms with E-state index < -0.39 is 0 Å². The van der Waals surface area contributed by atoms with Gasteiger partial charge in [0.05, 0.1) is 7.11 Å². The van der Waals surface area contributed by atoms with E-state index in [9.17, 15) is 4.79 Å². The van der Waals surface area contributed by atoms with Crippen LogP contribution < -0.4 is 14.2 Å². The summed E-state index contributed by atoms with van der Waals surface area (Å²) in [6.07, 6.45) is 0.923. The molecule has 1 amide bonds. The normalized spacial score (nSPS) is 19.1. The zero-order valence-corrected chi connectivity index (χ0v) is 15.5. The Kier molecular flexibility index (Phi) is 4.93. The van der Waals surface area contributed by atoms with Gasteiger partial charge in [0.2, 0.25) is 6.79 Å². The summed E-state index contributed by atoms with van der Waals surface area (Å²) in [6.45, 7) is 1.80. The Balaban J connectivity index is 1.43. The van der Waals surface area contributed by atoms with E-state index in [1.165, 1.54) is 5.56 Å². The number of amides is 1. The lowest BCUT2D eigenvalue weighted by atomic mass is 10.1. The zero-order valence-electron chi connectivity index (χ0n) is 14.6. The molecule has 2 aromatic carbocycles. The predicted molar refractivity (Wildman–Crippen MR) is 101 cm³/mol. The van der Waals surface area contributed by atoms with Gasteiger partial charge in [0.15, 0.2) is 11.5 Å². The first-order valence-corrected chi connectivity index (χ1v) is 9.74. The number of rotatable bonds is 3. The molecular weight excluding hydrogens is 350 g/mol. The van der Waals surface area contributed by atoms with E-state index in [1.54, 1.807) is 7.11 Å². The molecule has 0 radical (unpaired) electrons. The molecule has 136 valence electrons. The van der Waals surface area contributed by atoms with Crippen LogP contribution in [0.3, 0.4) is 0 Å². The van der Waals surface area contributed by atoms with Crippen molar-refractivity contribution in [3.63, 3.8) is 0 Å². The number of carbonyl (C=O) groups excluding carboxylic acids is 1. The molecule has 6 heteroatoms. The van der Waals surface area contributed by atoms with E-state index in [-0.39, 0.29) is 5.91 Å². The molecule has 0 aromatic heterocycles. The second kappa shape index (κ2) is 7.50. The molecule has 2 aliphatic rings. The van der Waals surface area contributed by atoms with Gasteiger partial charge in [-0.2, -0.15) is 11.8 Å². The standard InChI is InChI=1S/C20H21NO4S/c1-23-16-5-2-14(3-6-16)20(22)21-9-8-19(26-11-10-21)15-4-7-17-18(12-15)25-13-24-17/h2-7,12,19H,8-11,13H2,1H3. The summed E-state index contributed by atoms with van der Waals surface area (Å²) in [7, 11) is 1.62. The van der Waals surface area contributed by atoms with Gasteiger partial charge >= 0.3 is 0 Å². The summed E-state index contributed by atoms with van der Waals surface area (Å²) in [5.41, 5.74) is 1.94. The van der Waals surface area contributed by atoms with Crippen molar-refractivity contribution in [3.05, 3.63) is 53.6 Å². The fraction of sp³-hybridized carbons (Fsp3) is 0.350. The second-order valence-electron chi connectivity index (χ2n) is 6.28. The minimum absolute atomic E-state index is 0.0830. The van der Waals surface area contributed by atoms with Crippen LogP contribution in [-0.2, 0) is 0 Å². The molecule has 0 bridgehead atoms. The number of benzene rings is 2. The summed E-state index contributed by atoms with van der Waals surface area (Å²) < 4.78 is 16.0. The van der Waals surface area contributed by atoms with Gasteiger partial charge in [-0.1, -0.05) is 6.07 Å². The smallest absolute Gasteiger partial charge is 0.253 e. The third kappa shape index (κ3) is 3.46. The summed E-state index contributed by atoms with van der Waals surface area (Å²) in [5.74, 6) is 3.39. The Morgan fingerprint density at radius 2 is 1.92 bits per heavy atom. The summed E-state index contributed by atoms with van der Waals surface area (Å²) in [5, 5.41) is 0.359. The van der Waals surface area contributed by atoms with Crippen molar-refractivity contribution in [2.24, 2.45) is 0 Å². The third-order valence-electron chi connectivity index (χ3n) is 4.73. The molecular formula is C20H21NO4S. The third-order valence-corrected chi connectivity index (χ3v) is 6.06. The molecule has 4 rings (SSSR count). The van der Waals surface area contributed by atoms with Gasteiger partial charge in [-0.3, -0.25) is 4.79 Å². The molecule has 0 saturated carbocycles. The number of thioether (sulfide) groups is 1. The van der Waals surface area contributed by atoms with Crippen molar-refractivity contribution >= 4 is 17.7 Å². The van der Waals surface area contributed by atoms with Gasteiger partial charge in [-0.25, -0.2) is 0 Å². The van der Waals surface area contributed by atoms with Crippen LogP contribution in [0.25, 0.3) is 0 Å². The van der Waals surface area contributed by atoms with Crippen molar-refractivity contribution in [1.82, 2.24) is 4.90 Å². The van der Waals surface area contributed by atoms with Crippen LogP contribution in [0, 0.1) is 0 Å². The topological polar surface area (TPSA) is 48.0 Å². The molecule has 0 aliphatic carbocycles. The van der Waals surface area contributed by atoms with Gasteiger partial charge in [0, 0.05) is 29.7 Å². The number of hydrogen-bond donors (Lipinski definition) is 0. The van der Waals surface area contributed by atoms with Crippen molar-refractivity contribution in [1.29, 1.82) is 0 Å². The molecule has 26 heavy (non-hydrogen) atoms. The van der Waals surface area contributed by atoms with E-state index in [0.29, 0.717) is 17.6 Å². The Morgan fingerprint density at radius 1 is 1.12 bits per heavy atom. The molecule has 0 N–H and O–H groups in total. The quantitative estimate of drug-likeness (QED) is 0.822. The van der Waals surface area contributed by atoms with Gasteiger partial charge in [0.25, 0.3) is 5.91 Å². The average molecular weight is 371 g/mol. The Labute approximate surface area is 157 Å². The zero-order chi connectivity index (χ0) is 17.9. The lowest BCUT2D eigenvalue weighted by Gasteiger charge is -2.20. The van der Waals surface area contributed by atoms with Crippen LogP contribution in [0.2, 0.25) is 0 Å². The van der Waals surface area contributed by atoms with E-state index in [4.69, 9.17) is 14.2 Å². The lowest BCUT2D eigenvalue weighted by Crippen LogP contribution is -2.32. The average Bonchev–Trinajstić information content (AvgIpc) is 3.02. The van der Waals surface area contributed by atoms with E-state index >= 15 is 0 Å². The van der Waals surface area contributed by atoms with E-state index in [2.05, 4.69) is 12.1 Å². The first kappa shape index (κ1) is 17.1. The van der Waals surface area contributed by atoms with Gasteiger partial charge in [0.1, 0.15) is 5.75 Å². The highest BCUT2D eigenvalue weighted by Crippen LogP contribution is 2.40. The van der Waals surface area contributed by atoms with Crippen LogP contribution in [0.5, 0.6) is 17.2 Å². The predicted octanol–water partition coefficient (Wildman–Crippen LogP) is 3.74. The van der Waals surface area contributed by atoms with Crippen molar-refractivity contribution in [2.75, 3.05) is 32.7 Å². The number of nitrogens with zero attached hydrogens (tertiary/aromatic N) is 1. The molecule has 1 unspecified atom stereocenters. The SMILES string of the molecule is COc1ccc(C(=O)N2CCSC(c3ccc4c(c3)OCO4)CC2)cc1. The molecule has 2 aliphatic heterocycles. The van der Waals surface area contributed by atoms with Crippen LogP contribution in [0.15, 0.2) is 42.5 Å². The van der Waals surface area contributed by atoms with Crippen LogP contribution in [0.1, 0.15) is 27.6 Å². The Hall–Kier alpha value is -2.34. The summed E-state index contributed by atoms with van der Waals surface area (Å²) >= 11 is 1.89. The van der Waals surface area contributed by atoms with Crippen LogP contribution in [-0.4, -0.2) is 43.6 Å². The Morgan fingerprint density at radius 3 is 2.73 bits per heavy atom. The summed E-state index contributed by atoms with van der Waals surface area (Å²) in [6, 6.07) is 13.5. The molecule has 2 heterocycles. The lowest BCUT2D eigenvalue weighted by molar-refractivity contribution is 0.0766. The summed E-state index contributed by atoms with van der Waals surface area (Å²) in [4.78, 5) is 14.7. The number of carbonyl (C=O) groups is 1. The minimum atomic E-state index is 0.0830. The highest BCUT2D eigenvalue weighted by atomic mass is 32.2. The van der Waals surface area contributed by atoms with Crippen LogP contribution in [0.4, 0.5) is 0 Å². The van der Waals surface area contributed by atoms with Gasteiger partial charge in [-0.05, 0) is 48.4 Å². The number of fused-ring (bicyclic) bond motifs is 1. The van der Waals surface area contributed by atoms with Crippen molar-refractivity contribution in [3.8, 4) is 17.2 Å². The molecule has 1 fully saturated rings. The second-order valence-corrected chi connectivity index (χ2v) is 7.59. The largest absolute Gasteiger partial charge is 0.497 e. The molecule has 1 atom stereocenters. The van der Waals surface area contributed by atoms with Crippen LogP contribution >= 0.6 is 11.8 Å². The van der Waals surface area contributed by atoms with Gasteiger partial charge in [-0.15, -0.1) is 0 Å². The monoisotopic (exact) mass is 371 g/mol. The molecule has 0 spiro atoms. The maximum absolute atomic E-state index is 12.8. The van der Waals surface area contributed by atoms with E-state index in [0.717, 1.165) is 42.5 Å². The maximum atomic E-state index is 12.8. The first-order chi connectivity index (χ1) is 12.7. The molecule has 1 saturated heterocycles. The highest BCUT2D eigenvalue weighted by Gasteiger charge is 2.24. The van der Waals surface area contributed by atoms with E-state index in [1.807, 2.05) is 47.0 Å². The number of methoxy groups -OCH3 is 1. The van der Waals surface area contributed by atoms with Crippen molar-refractivity contribution in [2.45, 2.75) is 11.7 Å². The fourth-order valence-corrected chi connectivity index (χ4v) is 4.49. The van der Waals surface area contributed by atoms with Crippen molar-refractivity contribution < 1.29 is 19.0 Å². The molecule has 5 nitrogen and oxygen atoms in total. The number of ether oxygens (including phenoxy) is 3. The molecule has 2 aromatic rings. The fourth-order valence-electron chi connectivity index (χ4n) is 3.27. The minimum Gasteiger partial charge on any atom is -0.497 e. The van der Waals surface area contributed by atoms with Gasteiger partial charge < -0.3 is 19.1 Å².